The Morgan fingerprint density at radius 1 is 1.17 bits per heavy atom. The molecule has 2 fully saturated rings. The number of aryl methyl sites for hydroxylation is 1. The van der Waals surface area contributed by atoms with Crippen molar-refractivity contribution in [3.63, 3.8) is 0 Å². The molecule has 2 atom stereocenters. The van der Waals surface area contributed by atoms with E-state index >= 15 is 0 Å². The van der Waals surface area contributed by atoms with E-state index < -0.39 is 0 Å². The first-order valence-corrected chi connectivity index (χ1v) is 10.4. The highest BCUT2D eigenvalue weighted by Crippen LogP contribution is 2.41. The maximum absolute atomic E-state index is 6.13. The van der Waals surface area contributed by atoms with Crippen LogP contribution in [0.2, 0.25) is 5.02 Å². The van der Waals surface area contributed by atoms with Gasteiger partial charge >= 0.3 is 0 Å². The Morgan fingerprint density at radius 3 is 2.62 bits per heavy atom. The Kier molecular flexibility index (Phi) is 7.62. The quantitative estimate of drug-likeness (QED) is 0.354. The van der Waals surface area contributed by atoms with Crippen molar-refractivity contribution in [1.82, 2.24) is 15.6 Å². The van der Waals surface area contributed by atoms with Crippen molar-refractivity contribution in [3.05, 3.63) is 58.7 Å². The maximum Gasteiger partial charge on any atom is 0.191 e. The van der Waals surface area contributed by atoms with Gasteiger partial charge in [0.1, 0.15) is 5.82 Å². The lowest BCUT2D eigenvalue weighted by Crippen LogP contribution is -2.49. The number of nitrogens with zero attached hydrogens (tertiary/aromatic N) is 3. The molecule has 1 aromatic heterocycles. The third-order valence-corrected chi connectivity index (χ3v) is 5.90. The van der Waals surface area contributed by atoms with Crippen molar-refractivity contribution in [2.45, 2.75) is 44.2 Å². The number of hydrogen-bond acceptors (Lipinski definition) is 3. The number of benzene rings is 1. The fourth-order valence-corrected chi connectivity index (χ4v) is 4.10. The van der Waals surface area contributed by atoms with E-state index in [4.69, 9.17) is 11.6 Å². The van der Waals surface area contributed by atoms with E-state index in [0.29, 0.717) is 18.0 Å². The van der Waals surface area contributed by atoms with E-state index in [1.807, 2.05) is 25.4 Å². The third kappa shape index (κ3) is 5.75. The number of aliphatic imine (C=N–C) groups is 1. The molecule has 0 bridgehead atoms. The molecule has 2 aromatic rings. The topological polar surface area (TPSA) is 52.6 Å². The van der Waals surface area contributed by atoms with Crippen LogP contribution in [0.5, 0.6) is 0 Å². The number of pyridine rings is 1. The average Bonchev–Trinajstić information content (AvgIpc) is 3.48. The fourth-order valence-electron chi connectivity index (χ4n) is 3.90. The number of anilines is 1. The predicted octanol–water partition coefficient (Wildman–Crippen LogP) is 4.35. The molecule has 0 spiro atoms. The molecule has 2 heterocycles. The molecule has 1 aliphatic carbocycles. The molecule has 7 heteroatoms. The lowest BCUT2D eigenvalue weighted by molar-refractivity contribution is 0.459. The zero-order valence-electron chi connectivity index (χ0n) is 16.9. The van der Waals surface area contributed by atoms with Gasteiger partial charge in [0.25, 0.3) is 0 Å². The Hall–Kier alpha value is -1.54. The van der Waals surface area contributed by atoms with Crippen LogP contribution in [-0.4, -0.2) is 43.2 Å². The van der Waals surface area contributed by atoms with Gasteiger partial charge in [0, 0.05) is 49.4 Å². The molecular formula is C22H29ClIN5. The minimum Gasteiger partial charge on any atom is -0.356 e. The SMILES string of the molecule is CN=C(NC1CCN(c2ccc(C)cn2)CC1)NC1CC1c1cccc(Cl)c1.I. The Balaban J connectivity index is 0.00000240. The first-order valence-electron chi connectivity index (χ1n) is 10.1. The summed E-state index contributed by atoms with van der Waals surface area (Å²) < 4.78 is 0. The largest absolute Gasteiger partial charge is 0.356 e. The van der Waals surface area contributed by atoms with Crippen LogP contribution in [-0.2, 0) is 0 Å². The number of aromatic nitrogens is 1. The van der Waals surface area contributed by atoms with Crippen LogP contribution in [0.3, 0.4) is 0 Å². The summed E-state index contributed by atoms with van der Waals surface area (Å²) in [6, 6.07) is 13.3. The van der Waals surface area contributed by atoms with Crippen LogP contribution in [0, 0.1) is 6.92 Å². The minimum atomic E-state index is 0. The van der Waals surface area contributed by atoms with Crippen LogP contribution >= 0.6 is 35.6 Å². The number of halogens is 2. The number of hydrogen-bond donors (Lipinski definition) is 2. The van der Waals surface area contributed by atoms with E-state index in [9.17, 15) is 0 Å². The van der Waals surface area contributed by atoms with E-state index in [1.54, 1.807) is 0 Å². The van der Waals surface area contributed by atoms with Crippen molar-refractivity contribution in [2.75, 3.05) is 25.0 Å². The molecule has 0 amide bonds. The van der Waals surface area contributed by atoms with Gasteiger partial charge < -0.3 is 15.5 Å². The zero-order chi connectivity index (χ0) is 19.5. The molecule has 4 rings (SSSR count). The molecule has 2 unspecified atom stereocenters. The molecule has 5 nitrogen and oxygen atoms in total. The maximum atomic E-state index is 6.13. The second kappa shape index (κ2) is 9.98. The van der Waals surface area contributed by atoms with Gasteiger partial charge in [0.2, 0.25) is 0 Å². The Labute approximate surface area is 195 Å². The normalized spacial score (nSPS) is 22.0. The number of nitrogens with one attached hydrogen (secondary N) is 2. The summed E-state index contributed by atoms with van der Waals surface area (Å²) in [4.78, 5) is 11.4. The third-order valence-electron chi connectivity index (χ3n) is 5.67. The van der Waals surface area contributed by atoms with Crippen LogP contribution in [0.1, 0.15) is 36.3 Å². The van der Waals surface area contributed by atoms with Gasteiger partial charge in [-0.1, -0.05) is 29.8 Å². The minimum absolute atomic E-state index is 0. The van der Waals surface area contributed by atoms with Crippen molar-refractivity contribution >= 4 is 47.4 Å². The highest BCUT2D eigenvalue weighted by molar-refractivity contribution is 14.0. The van der Waals surface area contributed by atoms with Crippen LogP contribution in [0.4, 0.5) is 5.82 Å². The highest BCUT2D eigenvalue weighted by atomic mass is 127. The highest BCUT2D eigenvalue weighted by Gasteiger charge is 2.39. The predicted molar refractivity (Wildman–Crippen MR) is 132 cm³/mol. The van der Waals surface area contributed by atoms with Crippen molar-refractivity contribution in [3.8, 4) is 0 Å². The van der Waals surface area contributed by atoms with Gasteiger partial charge in [0.15, 0.2) is 5.96 Å². The van der Waals surface area contributed by atoms with E-state index in [-0.39, 0.29) is 24.0 Å². The second-order valence-electron chi connectivity index (χ2n) is 7.82. The van der Waals surface area contributed by atoms with Crippen LogP contribution < -0.4 is 15.5 Å². The summed E-state index contributed by atoms with van der Waals surface area (Å²) in [5, 5.41) is 7.99. The second-order valence-corrected chi connectivity index (χ2v) is 8.26. The summed E-state index contributed by atoms with van der Waals surface area (Å²) in [5.41, 5.74) is 2.51. The molecule has 2 aliphatic rings. The van der Waals surface area contributed by atoms with E-state index in [1.165, 1.54) is 11.1 Å². The molecule has 1 aromatic carbocycles. The number of piperidine rings is 1. The molecular weight excluding hydrogens is 497 g/mol. The lowest BCUT2D eigenvalue weighted by atomic mass is 10.1. The smallest absolute Gasteiger partial charge is 0.191 e. The molecule has 1 saturated carbocycles. The van der Waals surface area contributed by atoms with E-state index in [2.05, 4.69) is 56.7 Å². The first-order chi connectivity index (χ1) is 13.6. The van der Waals surface area contributed by atoms with Gasteiger partial charge in [-0.25, -0.2) is 4.98 Å². The summed E-state index contributed by atoms with van der Waals surface area (Å²) in [7, 11) is 1.84. The molecule has 29 heavy (non-hydrogen) atoms. The van der Waals surface area contributed by atoms with Crippen LogP contribution in [0.15, 0.2) is 47.6 Å². The number of guanidine groups is 1. The fraction of sp³-hybridized carbons (Fsp3) is 0.455. The van der Waals surface area contributed by atoms with Gasteiger partial charge in [-0.2, -0.15) is 0 Å². The lowest BCUT2D eigenvalue weighted by Gasteiger charge is -2.33. The standard InChI is InChI=1S/C22H28ClN5.HI/c1-15-6-7-21(25-14-15)28-10-8-18(9-11-28)26-22(24-2)27-20-13-19(20)16-4-3-5-17(23)12-16;/h3-7,12,14,18-20H,8-11,13H2,1-2H3,(H2,24,26,27);1H. The average molecular weight is 526 g/mol. The zero-order valence-corrected chi connectivity index (χ0v) is 20.0. The summed E-state index contributed by atoms with van der Waals surface area (Å²) in [6.45, 7) is 4.10. The monoisotopic (exact) mass is 525 g/mol. The Bertz CT molecular complexity index is 833. The van der Waals surface area contributed by atoms with Crippen molar-refractivity contribution in [2.24, 2.45) is 4.99 Å². The van der Waals surface area contributed by atoms with E-state index in [0.717, 1.165) is 49.2 Å². The number of rotatable bonds is 4. The first kappa shape index (κ1) is 22.2. The molecule has 1 aliphatic heterocycles. The molecule has 0 radical (unpaired) electrons. The molecule has 1 saturated heterocycles. The summed E-state index contributed by atoms with van der Waals surface area (Å²) in [6.07, 6.45) is 5.23. The van der Waals surface area contributed by atoms with Gasteiger partial charge in [-0.05, 0) is 55.5 Å². The van der Waals surface area contributed by atoms with Crippen LogP contribution in [0.25, 0.3) is 0 Å². The summed E-state index contributed by atoms with van der Waals surface area (Å²) in [5.74, 6) is 2.50. The Morgan fingerprint density at radius 2 is 1.97 bits per heavy atom. The van der Waals surface area contributed by atoms with Crippen molar-refractivity contribution < 1.29 is 0 Å². The molecule has 2 N–H and O–H groups in total. The van der Waals surface area contributed by atoms with Gasteiger partial charge in [-0.15, -0.1) is 24.0 Å². The van der Waals surface area contributed by atoms with Gasteiger partial charge in [-0.3, -0.25) is 4.99 Å². The van der Waals surface area contributed by atoms with Crippen molar-refractivity contribution in [1.29, 1.82) is 0 Å². The molecule has 156 valence electrons. The van der Waals surface area contributed by atoms with Gasteiger partial charge in [0.05, 0.1) is 0 Å². The summed E-state index contributed by atoms with van der Waals surface area (Å²) >= 11 is 6.13.